The van der Waals surface area contributed by atoms with Crippen LogP contribution in [0.1, 0.15) is 25.7 Å². The number of hydrogen-bond acceptors (Lipinski definition) is 4. The smallest absolute Gasteiger partial charge is 0.244 e. The van der Waals surface area contributed by atoms with E-state index >= 15 is 0 Å². The van der Waals surface area contributed by atoms with Crippen molar-refractivity contribution in [3.05, 3.63) is 36.7 Å². The van der Waals surface area contributed by atoms with Gasteiger partial charge in [-0.05, 0) is 37.1 Å². The molecule has 6 nitrogen and oxygen atoms in total. The highest BCUT2D eigenvalue weighted by Crippen LogP contribution is 2.28. The lowest BCUT2D eigenvalue weighted by atomic mass is 9.98. The van der Waals surface area contributed by atoms with Gasteiger partial charge in [0.05, 0.1) is 23.6 Å². The van der Waals surface area contributed by atoms with Crippen LogP contribution in [0.25, 0.3) is 5.69 Å². The van der Waals surface area contributed by atoms with Crippen molar-refractivity contribution in [2.24, 2.45) is 5.73 Å². The van der Waals surface area contributed by atoms with Crippen LogP contribution in [0.4, 0.5) is 5.69 Å². The van der Waals surface area contributed by atoms with Gasteiger partial charge in [0.15, 0.2) is 0 Å². The summed E-state index contributed by atoms with van der Waals surface area (Å²) in [6, 6.07) is 7.37. The van der Waals surface area contributed by atoms with Crippen LogP contribution in [0.15, 0.2) is 36.7 Å². The van der Waals surface area contributed by atoms with Crippen LogP contribution in [-0.2, 0) is 4.79 Å². The highest BCUT2D eigenvalue weighted by molar-refractivity contribution is 5.98. The van der Waals surface area contributed by atoms with Crippen molar-refractivity contribution >= 4 is 11.6 Å². The summed E-state index contributed by atoms with van der Waals surface area (Å²) in [5.74, 6) is -0.0973. The number of rotatable bonds is 3. The molecule has 3 N–H and O–H groups in total. The third-order valence-electron chi connectivity index (χ3n) is 3.72. The molecule has 0 unspecified atom stereocenters. The SMILES string of the molecule is NC1(C(=O)Nc2ccc(-n3nccn3)cc2)CCCC1. The van der Waals surface area contributed by atoms with Gasteiger partial charge in [-0.3, -0.25) is 4.79 Å². The van der Waals surface area contributed by atoms with E-state index in [4.69, 9.17) is 5.73 Å². The van der Waals surface area contributed by atoms with Gasteiger partial charge in [0.2, 0.25) is 5.91 Å². The predicted molar refractivity (Wildman–Crippen MR) is 75.4 cm³/mol. The number of nitrogens with two attached hydrogens (primary N) is 1. The molecule has 0 aliphatic heterocycles. The number of anilines is 1. The zero-order valence-corrected chi connectivity index (χ0v) is 11.1. The monoisotopic (exact) mass is 271 g/mol. The summed E-state index contributed by atoms with van der Waals surface area (Å²) >= 11 is 0. The van der Waals surface area contributed by atoms with E-state index in [1.165, 1.54) is 4.80 Å². The van der Waals surface area contributed by atoms with Crippen molar-refractivity contribution in [2.75, 3.05) is 5.32 Å². The van der Waals surface area contributed by atoms with E-state index < -0.39 is 5.54 Å². The lowest BCUT2D eigenvalue weighted by molar-refractivity contribution is -0.121. The number of amides is 1. The molecule has 20 heavy (non-hydrogen) atoms. The van der Waals surface area contributed by atoms with Crippen LogP contribution in [0, 0.1) is 0 Å². The fourth-order valence-electron chi connectivity index (χ4n) is 2.52. The van der Waals surface area contributed by atoms with E-state index in [2.05, 4.69) is 15.5 Å². The molecule has 1 aromatic heterocycles. The summed E-state index contributed by atoms with van der Waals surface area (Å²) in [5, 5.41) is 11.0. The lowest BCUT2D eigenvalue weighted by Crippen LogP contribution is -2.48. The van der Waals surface area contributed by atoms with Crippen molar-refractivity contribution in [1.82, 2.24) is 15.0 Å². The second-order valence-corrected chi connectivity index (χ2v) is 5.18. The summed E-state index contributed by atoms with van der Waals surface area (Å²) in [6.45, 7) is 0. The number of carbonyl (C=O) groups is 1. The Bertz CT molecular complexity index is 585. The van der Waals surface area contributed by atoms with Crippen molar-refractivity contribution in [2.45, 2.75) is 31.2 Å². The zero-order chi connectivity index (χ0) is 14.0. The maximum atomic E-state index is 12.2. The standard InChI is InChI=1S/C14H17N5O/c15-14(7-1-2-8-14)13(20)18-11-3-5-12(6-4-11)19-16-9-10-17-19/h3-6,9-10H,1-2,7-8,15H2,(H,18,20). The minimum atomic E-state index is -0.706. The summed E-state index contributed by atoms with van der Waals surface area (Å²) in [4.78, 5) is 13.7. The Hall–Kier alpha value is -2.21. The highest BCUT2D eigenvalue weighted by atomic mass is 16.2. The Kier molecular flexibility index (Phi) is 3.23. The average molecular weight is 271 g/mol. The number of carbonyl (C=O) groups excluding carboxylic acids is 1. The van der Waals surface area contributed by atoms with Crippen molar-refractivity contribution in [1.29, 1.82) is 0 Å². The summed E-state index contributed by atoms with van der Waals surface area (Å²) in [5.41, 5.74) is 7.00. The Morgan fingerprint density at radius 2 is 1.75 bits per heavy atom. The van der Waals surface area contributed by atoms with E-state index in [0.717, 1.165) is 37.1 Å². The molecule has 0 bridgehead atoms. The molecule has 1 aliphatic rings. The third kappa shape index (κ3) is 2.42. The van der Waals surface area contributed by atoms with Crippen LogP contribution < -0.4 is 11.1 Å². The van der Waals surface area contributed by atoms with Gasteiger partial charge in [-0.25, -0.2) is 0 Å². The summed E-state index contributed by atoms with van der Waals surface area (Å²) in [6.07, 6.45) is 6.80. The molecule has 0 radical (unpaired) electrons. The van der Waals surface area contributed by atoms with Crippen molar-refractivity contribution < 1.29 is 4.79 Å². The quantitative estimate of drug-likeness (QED) is 0.885. The largest absolute Gasteiger partial charge is 0.324 e. The van der Waals surface area contributed by atoms with Gasteiger partial charge in [-0.2, -0.15) is 15.0 Å². The second-order valence-electron chi connectivity index (χ2n) is 5.18. The lowest BCUT2D eigenvalue weighted by Gasteiger charge is -2.22. The molecule has 1 aliphatic carbocycles. The van der Waals surface area contributed by atoms with Gasteiger partial charge >= 0.3 is 0 Å². The molecule has 1 aromatic carbocycles. The first-order valence-corrected chi connectivity index (χ1v) is 6.74. The first-order chi connectivity index (χ1) is 9.67. The number of aromatic nitrogens is 3. The van der Waals surface area contributed by atoms with Crippen LogP contribution in [-0.4, -0.2) is 26.4 Å². The minimum Gasteiger partial charge on any atom is -0.324 e. The number of nitrogens with one attached hydrogen (secondary N) is 1. The molecule has 0 spiro atoms. The number of benzene rings is 1. The Morgan fingerprint density at radius 1 is 1.15 bits per heavy atom. The molecule has 1 saturated carbocycles. The number of hydrogen-bond donors (Lipinski definition) is 2. The first-order valence-electron chi connectivity index (χ1n) is 6.74. The second kappa shape index (κ2) is 5.05. The highest BCUT2D eigenvalue weighted by Gasteiger charge is 2.36. The molecule has 0 atom stereocenters. The molecule has 6 heteroatoms. The molecule has 1 fully saturated rings. The van der Waals surface area contributed by atoms with E-state index in [1.807, 2.05) is 24.3 Å². The van der Waals surface area contributed by atoms with Gasteiger partial charge in [-0.15, -0.1) is 0 Å². The van der Waals surface area contributed by atoms with E-state index in [0.29, 0.717) is 0 Å². The van der Waals surface area contributed by atoms with E-state index in [-0.39, 0.29) is 5.91 Å². The third-order valence-corrected chi connectivity index (χ3v) is 3.72. The van der Waals surface area contributed by atoms with Gasteiger partial charge in [-0.1, -0.05) is 12.8 Å². The summed E-state index contributed by atoms with van der Waals surface area (Å²) in [7, 11) is 0. The van der Waals surface area contributed by atoms with E-state index in [9.17, 15) is 4.79 Å². The number of nitrogens with zero attached hydrogens (tertiary/aromatic N) is 3. The Labute approximate surface area is 117 Å². The van der Waals surface area contributed by atoms with Crippen LogP contribution in [0.5, 0.6) is 0 Å². The molecular formula is C14H17N5O. The van der Waals surface area contributed by atoms with Gasteiger partial charge in [0, 0.05) is 5.69 Å². The normalized spacial score (nSPS) is 17.1. The van der Waals surface area contributed by atoms with Crippen molar-refractivity contribution in [3.8, 4) is 5.69 Å². The fourth-order valence-corrected chi connectivity index (χ4v) is 2.52. The fraction of sp³-hybridized carbons (Fsp3) is 0.357. The maximum Gasteiger partial charge on any atom is 0.244 e. The minimum absolute atomic E-state index is 0.0973. The molecule has 3 rings (SSSR count). The van der Waals surface area contributed by atoms with Gasteiger partial charge in [0.1, 0.15) is 0 Å². The van der Waals surface area contributed by atoms with Crippen LogP contribution in [0.3, 0.4) is 0 Å². The molecule has 2 aromatic rings. The molecule has 104 valence electrons. The topological polar surface area (TPSA) is 85.8 Å². The van der Waals surface area contributed by atoms with Gasteiger partial charge in [0.25, 0.3) is 0 Å². The average Bonchev–Trinajstić information content (AvgIpc) is 3.11. The van der Waals surface area contributed by atoms with Crippen LogP contribution >= 0.6 is 0 Å². The molecule has 1 heterocycles. The first kappa shape index (κ1) is 12.8. The van der Waals surface area contributed by atoms with E-state index in [1.54, 1.807) is 12.4 Å². The predicted octanol–water partition coefficient (Wildman–Crippen LogP) is 1.48. The molecule has 0 saturated heterocycles. The Morgan fingerprint density at radius 3 is 2.35 bits per heavy atom. The van der Waals surface area contributed by atoms with Crippen molar-refractivity contribution in [3.63, 3.8) is 0 Å². The summed E-state index contributed by atoms with van der Waals surface area (Å²) < 4.78 is 0. The van der Waals surface area contributed by atoms with Crippen LogP contribution in [0.2, 0.25) is 0 Å². The maximum absolute atomic E-state index is 12.2. The zero-order valence-electron chi connectivity index (χ0n) is 11.1. The van der Waals surface area contributed by atoms with Gasteiger partial charge < -0.3 is 11.1 Å². The molecular weight excluding hydrogens is 254 g/mol. The molecule has 1 amide bonds. The Balaban J connectivity index is 1.71.